The summed E-state index contributed by atoms with van der Waals surface area (Å²) in [6, 6.07) is 0.909. The van der Waals surface area contributed by atoms with Gasteiger partial charge in [-0.3, -0.25) is 9.59 Å². The van der Waals surface area contributed by atoms with Crippen molar-refractivity contribution in [1.82, 2.24) is 20.2 Å². The molecule has 1 aromatic heterocycles. The number of amides is 2. The molecule has 1 aliphatic rings. The molecule has 0 radical (unpaired) electrons. The molecule has 1 N–H and O–H groups in total. The van der Waals surface area contributed by atoms with Crippen LogP contribution in [0.3, 0.4) is 0 Å². The van der Waals surface area contributed by atoms with E-state index >= 15 is 0 Å². The summed E-state index contributed by atoms with van der Waals surface area (Å²) in [7, 11) is 0. The average Bonchev–Trinajstić information content (AvgIpc) is 2.45. The van der Waals surface area contributed by atoms with Crippen molar-refractivity contribution in [3.63, 3.8) is 0 Å². The largest absolute Gasteiger partial charge is 0.342 e. The minimum absolute atomic E-state index is 0.0197. The van der Waals surface area contributed by atoms with E-state index in [0.717, 1.165) is 12.1 Å². The van der Waals surface area contributed by atoms with Crippen LogP contribution in [0.25, 0.3) is 0 Å². The van der Waals surface area contributed by atoms with Gasteiger partial charge in [0.15, 0.2) is 0 Å². The maximum Gasteiger partial charge on any atom is 0.246 e. The van der Waals surface area contributed by atoms with E-state index in [2.05, 4.69) is 15.3 Å². The Hall–Kier alpha value is -1.98. The third kappa shape index (κ3) is 3.37. The van der Waals surface area contributed by atoms with E-state index in [1.165, 1.54) is 6.33 Å². The third-order valence-electron chi connectivity index (χ3n) is 3.69. The van der Waals surface area contributed by atoms with Crippen LogP contribution in [0.1, 0.15) is 39.3 Å². The van der Waals surface area contributed by atoms with E-state index in [1.54, 1.807) is 17.2 Å². The van der Waals surface area contributed by atoms with Crippen molar-refractivity contribution >= 4 is 11.8 Å². The molecule has 21 heavy (non-hydrogen) atoms. The van der Waals surface area contributed by atoms with E-state index in [1.807, 2.05) is 20.8 Å². The second-order valence-corrected chi connectivity index (χ2v) is 5.71. The lowest BCUT2D eigenvalue weighted by Gasteiger charge is -2.40. The van der Waals surface area contributed by atoms with Gasteiger partial charge in [0.2, 0.25) is 11.8 Å². The minimum Gasteiger partial charge on any atom is -0.342 e. The molecule has 1 aliphatic heterocycles. The maximum atomic E-state index is 12.6. The Morgan fingerprint density at radius 3 is 2.71 bits per heavy atom. The van der Waals surface area contributed by atoms with Crippen molar-refractivity contribution in [1.29, 1.82) is 0 Å². The van der Waals surface area contributed by atoms with Crippen LogP contribution in [0.5, 0.6) is 0 Å². The molecule has 0 aliphatic carbocycles. The van der Waals surface area contributed by atoms with Gasteiger partial charge in [0.1, 0.15) is 18.4 Å². The highest BCUT2D eigenvalue weighted by Gasteiger charge is 2.41. The van der Waals surface area contributed by atoms with Crippen molar-refractivity contribution in [2.75, 3.05) is 0 Å². The normalized spacial score (nSPS) is 22.6. The first kappa shape index (κ1) is 15.4. The lowest BCUT2D eigenvalue weighted by atomic mass is 9.95. The first-order valence-corrected chi connectivity index (χ1v) is 7.40. The zero-order valence-electron chi connectivity index (χ0n) is 12.7. The summed E-state index contributed by atoms with van der Waals surface area (Å²) in [6.07, 6.45) is 4.61. The number of carbonyl (C=O) groups excluding carboxylic acids is 2. The van der Waals surface area contributed by atoms with Crippen LogP contribution in [0.2, 0.25) is 0 Å². The fourth-order valence-electron chi connectivity index (χ4n) is 2.71. The maximum absolute atomic E-state index is 12.6. The molecule has 0 saturated carbocycles. The monoisotopic (exact) mass is 290 g/mol. The van der Waals surface area contributed by atoms with Gasteiger partial charge in [0, 0.05) is 6.20 Å². The smallest absolute Gasteiger partial charge is 0.246 e. The van der Waals surface area contributed by atoms with Crippen LogP contribution in [-0.4, -0.2) is 38.8 Å². The number of aromatic nitrogens is 2. The van der Waals surface area contributed by atoms with Gasteiger partial charge in [-0.15, -0.1) is 0 Å². The van der Waals surface area contributed by atoms with E-state index in [4.69, 9.17) is 0 Å². The minimum atomic E-state index is -0.444. The lowest BCUT2D eigenvalue weighted by molar-refractivity contribution is -0.152. The second kappa shape index (κ2) is 6.65. The van der Waals surface area contributed by atoms with Crippen LogP contribution in [-0.2, 0) is 16.1 Å². The van der Waals surface area contributed by atoms with Gasteiger partial charge >= 0.3 is 0 Å². The first-order valence-electron chi connectivity index (χ1n) is 7.40. The van der Waals surface area contributed by atoms with Gasteiger partial charge in [0.25, 0.3) is 0 Å². The van der Waals surface area contributed by atoms with E-state index in [9.17, 15) is 9.59 Å². The number of piperazine rings is 1. The van der Waals surface area contributed by atoms with Gasteiger partial charge in [-0.25, -0.2) is 9.97 Å². The summed E-state index contributed by atoms with van der Waals surface area (Å²) >= 11 is 0. The molecule has 1 saturated heterocycles. The van der Waals surface area contributed by atoms with E-state index in [0.29, 0.717) is 13.0 Å². The van der Waals surface area contributed by atoms with Gasteiger partial charge in [-0.2, -0.15) is 0 Å². The number of nitrogens with zero attached hydrogens (tertiary/aromatic N) is 3. The average molecular weight is 290 g/mol. The van der Waals surface area contributed by atoms with E-state index < -0.39 is 12.1 Å². The highest BCUT2D eigenvalue weighted by atomic mass is 16.2. The number of carbonyl (C=O) groups is 2. The van der Waals surface area contributed by atoms with Gasteiger partial charge in [-0.05, 0) is 18.4 Å². The Morgan fingerprint density at radius 2 is 2.14 bits per heavy atom. The Kier molecular flexibility index (Phi) is 4.88. The summed E-state index contributed by atoms with van der Waals surface area (Å²) in [6.45, 7) is 6.25. The molecule has 6 nitrogen and oxygen atoms in total. The van der Waals surface area contributed by atoms with Crippen molar-refractivity contribution < 1.29 is 9.59 Å². The zero-order valence-corrected chi connectivity index (χ0v) is 12.7. The summed E-state index contributed by atoms with van der Waals surface area (Å²) < 4.78 is 0. The van der Waals surface area contributed by atoms with E-state index in [-0.39, 0.29) is 17.7 Å². The standard InChI is InChI=1S/C15H22N4O2/c1-4-5-12-15(21)19(8-11-6-7-16-9-17-11)13(10(2)3)14(20)18-12/h6-7,9-10,12-13H,4-5,8H2,1-3H3,(H,18,20). The summed E-state index contributed by atoms with van der Waals surface area (Å²) in [5.41, 5.74) is 0.744. The van der Waals surface area contributed by atoms with Crippen molar-refractivity contribution in [3.8, 4) is 0 Å². The number of hydrogen-bond acceptors (Lipinski definition) is 4. The molecule has 2 atom stereocenters. The van der Waals surface area contributed by atoms with Crippen LogP contribution in [0.4, 0.5) is 0 Å². The quantitative estimate of drug-likeness (QED) is 0.882. The van der Waals surface area contributed by atoms with Crippen molar-refractivity contribution in [2.45, 2.75) is 52.2 Å². The summed E-state index contributed by atoms with van der Waals surface area (Å²) in [5, 5.41) is 2.85. The Balaban J connectivity index is 2.25. The molecule has 0 spiro atoms. The molecule has 0 aromatic carbocycles. The highest BCUT2D eigenvalue weighted by molar-refractivity contribution is 5.97. The third-order valence-corrected chi connectivity index (χ3v) is 3.69. The fourth-order valence-corrected chi connectivity index (χ4v) is 2.71. The molecule has 1 aromatic rings. The van der Waals surface area contributed by atoms with Gasteiger partial charge < -0.3 is 10.2 Å². The van der Waals surface area contributed by atoms with Crippen molar-refractivity contribution in [2.24, 2.45) is 5.92 Å². The SMILES string of the molecule is CCCC1NC(=O)C(C(C)C)N(Cc2ccncn2)C1=O. The van der Waals surface area contributed by atoms with Gasteiger partial charge in [-0.1, -0.05) is 27.2 Å². The van der Waals surface area contributed by atoms with Crippen LogP contribution in [0.15, 0.2) is 18.6 Å². The molecule has 2 unspecified atom stereocenters. The topological polar surface area (TPSA) is 75.2 Å². The van der Waals surface area contributed by atoms with Gasteiger partial charge in [0.05, 0.1) is 12.2 Å². The highest BCUT2D eigenvalue weighted by Crippen LogP contribution is 2.21. The summed E-state index contributed by atoms with van der Waals surface area (Å²) in [4.78, 5) is 34.7. The van der Waals surface area contributed by atoms with Crippen LogP contribution in [0, 0.1) is 5.92 Å². The zero-order chi connectivity index (χ0) is 15.4. The predicted octanol–water partition coefficient (Wildman–Crippen LogP) is 1.13. The molecule has 2 heterocycles. The molecular formula is C15H22N4O2. The lowest BCUT2D eigenvalue weighted by Crippen LogP contribution is -2.64. The molecular weight excluding hydrogens is 268 g/mol. The number of nitrogens with one attached hydrogen (secondary N) is 1. The molecule has 114 valence electrons. The number of hydrogen-bond donors (Lipinski definition) is 1. The Bertz CT molecular complexity index is 504. The number of rotatable bonds is 5. The van der Waals surface area contributed by atoms with Crippen molar-refractivity contribution in [3.05, 3.63) is 24.3 Å². The first-order chi connectivity index (χ1) is 10.0. The molecule has 2 amide bonds. The molecule has 6 heteroatoms. The Labute approximate surface area is 125 Å². The molecule has 0 bridgehead atoms. The molecule has 1 fully saturated rings. The van der Waals surface area contributed by atoms with Crippen LogP contribution < -0.4 is 5.32 Å². The second-order valence-electron chi connectivity index (χ2n) is 5.71. The Morgan fingerprint density at radius 1 is 1.38 bits per heavy atom. The predicted molar refractivity (Wildman–Crippen MR) is 78.0 cm³/mol. The molecule has 2 rings (SSSR count). The fraction of sp³-hybridized carbons (Fsp3) is 0.600. The van der Waals surface area contributed by atoms with Crippen LogP contribution >= 0.6 is 0 Å². The summed E-state index contributed by atoms with van der Waals surface area (Å²) in [5.74, 6) is -0.0377.